The lowest BCUT2D eigenvalue weighted by molar-refractivity contribution is 0.435. The van der Waals surface area contributed by atoms with Crippen molar-refractivity contribution in [3.05, 3.63) is 156 Å². The van der Waals surface area contributed by atoms with Crippen molar-refractivity contribution in [3.8, 4) is 5.69 Å². The van der Waals surface area contributed by atoms with Gasteiger partial charge in [-0.2, -0.15) is 0 Å². The summed E-state index contributed by atoms with van der Waals surface area (Å²) in [6, 6.07) is 47.3. The van der Waals surface area contributed by atoms with Crippen molar-refractivity contribution in [1.29, 1.82) is 0 Å². The molecule has 0 spiro atoms. The second-order valence-electron chi connectivity index (χ2n) is 9.74. The molecule has 0 saturated heterocycles. The van der Waals surface area contributed by atoms with Gasteiger partial charge in [0.05, 0.1) is 22.8 Å². The van der Waals surface area contributed by atoms with Crippen LogP contribution in [0.4, 0.5) is 0 Å². The van der Waals surface area contributed by atoms with Gasteiger partial charge in [-0.1, -0.05) is 97.1 Å². The van der Waals surface area contributed by atoms with Gasteiger partial charge < -0.3 is 9.47 Å². The fraction of sp³-hybridized carbons (Fsp3) is 0.0571. The molecule has 0 amide bonds. The Kier molecular flexibility index (Phi) is 5.41. The summed E-state index contributed by atoms with van der Waals surface area (Å²) in [6.07, 6.45) is 2.26. The fourth-order valence-corrected chi connectivity index (χ4v) is 5.59. The number of aromatic nitrogens is 1. The Morgan fingerprint density at radius 3 is 1.74 bits per heavy atom. The maximum absolute atomic E-state index is 5.17. The van der Waals surface area contributed by atoms with Crippen molar-refractivity contribution in [2.45, 2.75) is 6.04 Å². The molecule has 1 aromatic heterocycles. The van der Waals surface area contributed by atoms with Crippen molar-refractivity contribution in [3.63, 3.8) is 0 Å². The van der Waals surface area contributed by atoms with Crippen LogP contribution in [-0.2, 0) is 0 Å². The van der Waals surface area contributed by atoms with E-state index >= 15 is 0 Å². The van der Waals surface area contributed by atoms with Crippen LogP contribution in [0, 0.1) is 0 Å². The molecule has 0 bridgehead atoms. The minimum Gasteiger partial charge on any atom is -0.349 e. The molecule has 1 atom stereocenters. The summed E-state index contributed by atoms with van der Waals surface area (Å²) in [4.78, 5) is 7.44. The van der Waals surface area contributed by atoms with Crippen LogP contribution >= 0.6 is 0 Å². The molecule has 3 heteroatoms. The average Bonchev–Trinajstić information content (AvgIpc) is 3.33. The number of amidine groups is 1. The zero-order valence-corrected chi connectivity index (χ0v) is 21.2. The van der Waals surface area contributed by atoms with Crippen molar-refractivity contribution in [2.75, 3.05) is 7.05 Å². The summed E-state index contributed by atoms with van der Waals surface area (Å²) in [5.41, 5.74) is 8.04. The van der Waals surface area contributed by atoms with E-state index < -0.39 is 0 Å². The fourth-order valence-electron chi connectivity index (χ4n) is 5.59. The molecule has 0 saturated carbocycles. The Morgan fingerprint density at radius 1 is 0.553 bits per heavy atom. The lowest BCUT2D eigenvalue weighted by Crippen LogP contribution is -2.33. The van der Waals surface area contributed by atoms with E-state index in [9.17, 15) is 0 Å². The predicted molar refractivity (Wildman–Crippen MR) is 159 cm³/mol. The summed E-state index contributed by atoms with van der Waals surface area (Å²) in [7, 11) is 2.13. The highest BCUT2D eigenvalue weighted by Gasteiger charge is 2.25. The molecule has 5 aromatic carbocycles. The minimum atomic E-state index is 0.0934. The highest BCUT2D eigenvalue weighted by atomic mass is 15.2. The second-order valence-corrected chi connectivity index (χ2v) is 9.74. The number of benzene rings is 5. The SMILES string of the molecule is CN1C(c2ccc(-n3c4ccccc4c4ccccc43)cc2)=NC(c2ccccc2)=CC1c1ccccc1. The monoisotopic (exact) mass is 489 g/mol. The molecule has 1 aliphatic rings. The highest BCUT2D eigenvalue weighted by Crippen LogP contribution is 2.34. The second kappa shape index (κ2) is 9.20. The molecule has 0 fully saturated rings. The largest absolute Gasteiger partial charge is 0.349 e. The van der Waals surface area contributed by atoms with Gasteiger partial charge >= 0.3 is 0 Å². The van der Waals surface area contributed by atoms with Gasteiger partial charge in [0, 0.05) is 29.1 Å². The van der Waals surface area contributed by atoms with Gasteiger partial charge in [-0.3, -0.25) is 0 Å². The topological polar surface area (TPSA) is 20.5 Å². The number of likely N-dealkylation sites (N-methyl/N-ethyl adjacent to an activating group) is 1. The Hall–Kier alpha value is -4.89. The van der Waals surface area contributed by atoms with Crippen molar-refractivity contribution in [1.82, 2.24) is 9.47 Å². The Bertz CT molecular complexity index is 1760. The van der Waals surface area contributed by atoms with Gasteiger partial charge in [-0.05, 0) is 53.6 Å². The number of aliphatic imine (C=N–C) groups is 1. The molecule has 1 aliphatic heterocycles. The van der Waals surface area contributed by atoms with Crippen LogP contribution in [0.25, 0.3) is 33.2 Å². The first-order valence-corrected chi connectivity index (χ1v) is 13.0. The normalized spacial score (nSPS) is 15.5. The summed E-state index contributed by atoms with van der Waals surface area (Å²) in [5.74, 6) is 0.967. The summed E-state index contributed by atoms with van der Waals surface area (Å²) in [6.45, 7) is 0. The third kappa shape index (κ3) is 3.72. The number of hydrogen-bond acceptors (Lipinski definition) is 2. The van der Waals surface area contributed by atoms with E-state index in [1.807, 2.05) is 6.07 Å². The van der Waals surface area contributed by atoms with Gasteiger partial charge in [0.25, 0.3) is 0 Å². The molecule has 1 unspecified atom stereocenters. The van der Waals surface area contributed by atoms with Crippen LogP contribution in [0.3, 0.4) is 0 Å². The Balaban J connectivity index is 1.33. The van der Waals surface area contributed by atoms with E-state index in [2.05, 4.69) is 150 Å². The number of rotatable bonds is 4. The minimum absolute atomic E-state index is 0.0934. The molecule has 7 rings (SSSR count). The summed E-state index contributed by atoms with van der Waals surface area (Å²) in [5, 5.41) is 2.54. The van der Waals surface area contributed by atoms with Crippen LogP contribution in [-0.4, -0.2) is 22.4 Å². The quantitative estimate of drug-likeness (QED) is 0.244. The number of nitrogens with zero attached hydrogens (tertiary/aromatic N) is 3. The van der Waals surface area contributed by atoms with E-state index in [4.69, 9.17) is 4.99 Å². The Morgan fingerprint density at radius 2 is 1.11 bits per heavy atom. The van der Waals surface area contributed by atoms with E-state index in [1.54, 1.807) is 0 Å². The number of fused-ring (bicyclic) bond motifs is 3. The molecule has 3 nitrogen and oxygen atoms in total. The predicted octanol–water partition coefficient (Wildman–Crippen LogP) is 8.26. The highest BCUT2D eigenvalue weighted by molar-refractivity contribution is 6.09. The molecule has 0 radical (unpaired) electrons. The number of hydrogen-bond donors (Lipinski definition) is 0. The average molecular weight is 490 g/mol. The van der Waals surface area contributed by atoms with E-state index in [0.717, 1.165) is 28.3 Å². The van der Waals surface area contributed by atoms with Crippen LogP contribution in [0.2, 0.25) is 0 Å². The van der Waals surface area contributed by atoms with Crippen molar-refractivity contribution >= 4 is 33.3 Å². The maximum Gasteiger partial charge on any atom is 0.137 e. The molecule has 0 aliphatic carbocycles. The van der Waals surface area contributed by atoms with Crippen LogP contribution in [0.5, 0.6) is 0 Å². The zero-order valence-electron chi connectivity index (χ0n) is 21.2. The van der Waals surface area contributed by atoms with Gasteiger partial charge in [-0.15, -0.1) is 0 Å². The summed E-state index contributed by atoms with van der Waals surface area (Å²) < 4.78 is 2.35. The van der Waals surface area contributed by atoms with Crippen LogP contribution in [0.1, 0.15) is 22.7 Å². The maximum atomic E-state index is 5.17. The molecule has 6 aromatic rings. The summed E-state index contributed by atoms with van der Waals surface area (Å²) >= 11 is 0. The van der Waals surface area contributed by atoms with Gasteiger partial charge in [0.2, 0.25) is 0 Å². The van der Waals surface area contributed by atoms with E-state index in [0.29, 0.717) is 0 Å². The lowest BCUT2D eigenvalue weighted by Gasteiger charge is -2.33. The Labute approximate surface area is 222 Å². The first-order chi connectivity index (χ1) is 18.8. The van der Waals surface area contributed by atoms with Gasteiger partial charge in [0.1, 0.15) is 5.84 Å². The van der Waals surface area contributed by atoms with Crippen LogP contribution < -0.4 is 0 Å². The molecular formula is C35H27N3. The lowest BCUT2D eigenvalue weighted by atomic mass is 9.99. The van der Waals surface area contributed by atoms with E-state index in [-0.39, 0.29) is 6.04 Å². The van der Waals surface area contributed by atoms with Crippen molar-refractivity contribution < 1.29 is 0 Å². The zero-order chi connectivity index (χ0) is 25.5. The first kappa shape index (κ1) is 22.3. The molecular weight excluding hydrogens is 462 g/mol. The standard InChI is InChI=1S/C35H27N3/c1-37-34(26-14-6-3-7-15-26)24-31(25-12-4-2-5-13-25)36-35(37)27-20-22-28(23-21-27)38-32-18-10-8-16-29(32)30-17-9-11-19-33(30)38/h2-24,34H,1H3. The number of para-hydroxylation sites is 2. The molecule has 182 valence electrons. The third-order valence-corrected chi connectivity index (χ3v) is 7.47. The third-order valence-electron chi connectivity index (χ3n) is 7.47. The van der Waals surface area contributed by atoms with Crippen LogP contribution in [0.15, 0.2) is 145 Å². The van der Waals surface area contributed by atoms with E-state index in [1.165, 1.54) is 27.4 Å². The molecule has 2 heterocycles. The molecule has 0 N–H and O–H groups in total. The van der Waals surface area contributed by atoms with Gasteiger partial charge in [0.15, 0.2) is 0 Å². The smallest absolute Gasteiger partial charge is 0.137 e. The molecule has 38 heavy (non-hydrogen) atoms. The van der Waals surface area contributed by atoms with Crippen molar-refractivity contribution in [2.24, 2.45) is 4.99 Å². The van der Waals surface area contributed by atoms with Gasteiger partial charge in [-0.25, -0.2) is 4.99 Å². The first-order valence-electron chi connectivity index (χ1n) is 13.0.